The molecule has 0 radical (unpaired) electrons. The number of alkyl halides is 2. The van der Waals surface area contributed by atoms with Crippen molar-refractivity contribution in [3.8, 4) is 0 Å². The summed E-state index contributed by atoms with van der Waals surface area (Å²) in [6.07, 6.45) is 6.51. The predicted molar refractivity (Wildman–Crippen MR) is 94.1 cm³/mol. The molecule has 1 saturated heterocycles. The first-order valence-corrected chi connectivity index (χ1v) is 8.54. The van der Waals surface area contributed by atoms with Crippen molar-refractivity contribution < 1.29 is 8.78 Å². The summed E-state index contributed by atoms with van der Waals surface area (Å²) in [6.45, 7) is -0.208. The van der Waals surface area contributed by atoms with Crippen molar-refractivity contribution >= 4 is 39.8 Å². The lowest BCUT2D eigenvalue weighted by Crippen LogP contribution is -2.55. The van der Waals surface area contributed by atoms with Gasteiger partial charge in [-0.1, -0.05) is 24.4 Å². The maximum atomic E-state index is 12.8. The van der Waals surface area contributed by atoms with Crippen molar-refractivity contribution in [3.05, 3.63) is 39.7 Å². The van der Waals surface area contributed by atoms with Gasteiger partial charge in [-0.25, -0.2) is 8.78 Å². The Labute approximate surface area is 147 Å². The molecule has 0 aliphatic carbocycles. The van der Waals surface area contributed by atoms with Crippen LogP contribution in [0.5, 0.6) is 0 Å². The Kier molecular flexibility index (Phi) is 4.48. The first-order valence-electron chi connectivity index (χ1n) is 7.05. The lowest BCUT2D eigenvalue weighted by atomic mass is 9.70. The fourth-order valence-electron chi connectivity index (χ4n) is 3.57. The Bertz CT molecular complexity index is 607. The minimum absolute atomic E-state index is 0.0490. The Hall–Kier alpha value is -0.670. The van der Waals surface area contributed by atoms with Crippen LogP contribution in [-0.2, 0) is 5.41 Å². The number of rotatable bonds is 4. The van der Waals surface area contributed by atoms with E-state index < -0.39 is 11.8 Å². The van der Waals surface area contributed by atoms with E-state index >= 15 is 0 Å². The molecule has 3 rings (SSSR count). The fourth-order valence-corrected chi connectivity index (χ4v) is 4.36. The largest absolute Gasteiger partial charge is 0.393 e. The average Bonchev–Trinajstić information content (AvgIpc) is 2.70. The molecule has 2 atom stereocenters. The molecule has 3 heterocycles. The van der Waals surface area contributed by atoms with Gasteiger partial charge >= 0.3 is 0 Å². The smallest absolute Gasteiger partial charge is 0.251 e. The van der Waals surface area contributed by atoms with Crippen molar-refractivity contribution in [2.45, 2.75) is 36.8 Å². The Balaban J connectivity index is 1.94. The van der Waals surface area contributed by atoms with E-state index in [-0.39, 0.29) is 18.6 Å². The maximum absolute atomic E-state index is 12.8. The summed E-state index contributed by atoms with van der Waals surface area (Å²) in [5.41, 5.74) is 6.61. The van der Waals surface area contributed by atoms with Gasteiger partial charge in [0.15, 0.2) is 0 Å². The van der Waals surface area contributed by atoms with Gasteiger partial charge in [0.25, 0.3) is 6.43 Å². The molecule has 22 heavy (non-hydrogen) atoms. The first kappa shape index (κ1) is 16.2. The van der Waals surface area contributed by atoms with Crippen LogP contribution in [0.1, 0.15) is 18.4 Å². The average molecular weight is 435 g/mol. The molecule has 1 fully saturated rings. The third-order valence-corrected chi connectivity index (χ3v) is 5.58. The van der Waals surface area contributed by atoms with Gasteiger partial charge in [0, 0.05) is 28.0 Å². The zero-order valence-corrected chi connectivity index (χ0v) is 14.7. The molecule has 0 saturated carbocycles. The van der Waals surface area contributed by atoms with E-state index in [0.717, 1.165) is 9.13 Å². The summed E-state index contributed by atoms with van der Waals surface area (Å²) in [5.74, 6) is 0. The van der Waals surface area contributed by atoms with Crippen molar-refractivity contribution in [2.24, 2.45) is 5.73 Å². The summed E-state index contributed by atoms with van der Waals surface area (Å²) in [4.78, 5) is 6.52. The normalized spacial score (nSPS) is 30.9. The van der Waals surface area contributed by atoms with Crippen molar-refractivity contribution in [1.82, 2.24) is 9.88 Å². The molecule has 118 valence electrons. The van der Waals surface area contributed by atoms with Crippen LogP contribution in [0.25, 0.3) is 0 Å². The number of thiocarbonyl (C=S) groups is 1. The second-order valence-electron chi connectivity index (χ2n) is 5.85. The number of aromatic nitrogens is 1. The second kappa shape index (κ2) is 6.09. The molecule has 2 bridgehead atoms. The van der Waals surface area contributed by atoms with Crippen molar-refractivity contribution in [1.29, 1.82) is 0 Å². The molecular formula is C15H16F2IN3S. The van der Waals surface area contributed by atoms with E-state index in [9.17, 15) is 8.78 Å². The minimum atomic E-state index is -2.33. The molecule has 2 aliphatic heterocycles. The van der Waals surface area contributed by atoms with Crippen LogP contribution in [-0.4, -0.2) is 39.9 Å². The number of piperidine rings is 1. The zero-order chi connectivity index (χ0) is 15.9. The van der Waals surface area contributed by atoms with E-state index in [0.29, 0.717) is 17.8 Å². The van der Waals surface area contributed by atoms with Crippen LogP contribution in [0.3, 0.4) is 0 Å². The molecule has 7 heteroatoms. The summed E-state index contributed by atoms with van der Waals surface area (Å²) in [5, 5.41) is 0. The van der Waals surface area contributed by atoms with Gasteiger partial charge in [-0.15, -0.1) is 0 Å². The maximum Gasteiger partial charge on any atom is 0.251 e. The second-order valence-corrected chi connectivity index (χ2v) is 7.54. The molecule has 0 amide bonds. The van der Waals surface area contributed by atoms with Gasteiger partial charge in [0.2, 0.25) is 0 Å². The molecule has 2 aliphatic rings. The summed E-state index contributed by atoms with van der Waals surface area (Å²) in [7, 11) is 0. The highest BCUT2D eigenvalue weighted by molar-refractivity contribution is 14.1. The Morgan fingerprint density at radius 1 is 1.41 bits per heavy atom. The van der Waals surface area contributed by atoms with Crippen molar-refractivity contribution in [2.75, 3.05) is 6.54 Å². The summed E-state index contributed by atoms with van der Waals surface area (Å²) >= 11 is 7.57. The van der Waals surface area contributed by atoms with E-state index in [4.69, 9.17) is 18.0 Å². The standard InChI is InChI=1S/C15H16F2IN3S/c16-13(17)8-21-11-1-2-12(21)5-15(4-11,14(19)22)9-3-10(18)7-20-6-9/h1-3,6-7,11-13H,4-5,8H2,(H2,19,22). The van der Waals surface area contributed by atoms with E-state index in [1.165, 1.54) is 0 Å². The van der Waals surface area contributed by atoms with Gasteiger partial charge in [-0.3, -0.25) is 9.88 Å². The van der Waals surface area contributed by atoms with E-state index in [2.05, 4.69) is 27.6 Å². The van der Waals surface area contributed by atoms with Crippen molar-refractivity contribution in [3.63, 3.8) is 0 Å². The van der Waals surface area contributed by atoms with E-state index in [1.54, 1.807) is 12.4 Å². The summed E-state index contributed by atoms with van der Waals surface area (Å²) < 4.78 is 26.6. The number of nitrogens with two attached hydrogens (primary N) is 1. The zero-order valence-electron chi connectivity index (χ0n) is 11.8. The van der Waals surface area contributed by atoms with Gasteiger partial charge in [0.05, 0.1) is 16.9 Å². The van der Waals surface area contributed by atoms with Crippen LogP contribution in [0.15, 0.2) is 30.6 Å². The molecule has 2 unspecified atom stereocenters. The molecule has 1 aromatic rings. The molecule has 3 nitrogen and oxygen atoms in total. The lowest BCUT2D eigenvalue weighted by Gasteiger charge is -2.46. The summed E-state index contributed by atoms with van der Waals surface area (Å²) in [6, 6.07) is 1.94. The Morgan fingerprint density at radius 2 is 2.05 bits per heavy atom. The third-order valence-electron chi connectivity index (χ3n) is 4.60. The van der Waals surface area contributed by atoms with Crippen LogP contribution in [0.2, 0.25) is 0 Å². The number of hydrogen-bond donors (Lipinski definition) is 1. The van der Waals surface area contributed by atoms with Gasteiger partial charge < -0.3 is 5.73 Å². The topological polar surface area (TPSA) is 42.1 Å². The van der Waals surface area contributed by atoms with Gasteiger partial charge in [0.1, 0.15) is 0 Å². The number of pyridine rings is 1. The highest BCUT2D eigenvalue weighted by atomic mass is 127. The molecule has 0 spiro atoms. The van der Waals surface area contributed by atoms with Crippen LogP contribution in [0, 0.1) is 3.57 Å². The highest BCUT2D eigenvalue weighted by Crippen LogP contribution is 2.45. The van der Waals surface area contributed by atoms with E-state index in [1.807, 2.05) is 23.1 Å². The minimum Gasteiger partial charge on any atom is -0.393 e. The SMILES string of the molecule is NC(=S)C1(c2cncc(I)c2)CC2C=CC(C1)N2CC(F)F. The number of fused-ring (bicyclic) bond motifs is 2. The number of halogens is 3. The van der Waals surface area contributed by atoms with Gasteiger partial charge in [-0.2, -0.15) is 0 Å². The monoisotopic (exact) mass is 435 g/mol. The lowest BCUT2D eigenvalue weighted by molar-refractivity contribution is 0.0399. The Morgan fingerprint density at radius 3 is 2.55 bits per heavy atom. The van der Waals surface area contributed by atoms with Crippen LogP contribution < -0.4 is 5.73 Å². The first-order chi connectivity index (χ1) is 10.4. The molecule has 1 aromatic heterocycles. The van der Waals surface area contributed by atoms with Crippen LogP contribution in [0.4, 0.5) is 8.78 Å². The molecule has 2 N–H and O–H groups in total. The quantitative estimate of drug-likeness (QED) is 0.449. The third kappa shape index (κ3) is 2.78. The predicted octanol–water partition coefficient (Wildman–Crippen LogP) is 2.88. The van der Waals surface area contributed by atoms with Gasteiger partial charge in [-0.05, 0) is 47.1 Å². The number of hydrogen-bond acceptors (Lipinski definition) is 3. The fraction of sp³-hybridized carbons (Fsp3) is 0.467. The van der Waals surface area contributed by atoms with Crippen LogP contribution >= 0.6 is 34.8 Å². The number of nitrogens with zero attached hydrogens (tertiary/aromatic N) is 2. The molecule has 0 aromatic carbocycles. The highest BCUT2D eigenvalue weighted by Gasteiger charge is 2.49. The molecular weight excluding hydrogens is 419 g/mol.